The average molecular weight is 230 g/mol. The van der Waals surface area contributed by atoms with E-state index >= 15 is 0 Å². The third kappa shape index (κ3) is 2.73. The van der Waals surface area contributed by atoms with Crippen LogP contribution < -0.4 is 0 Å². The Labute approximate surface area is 55.1 Å². The molecule has 0 aromatic heterocycles. The molecule has 1 aliphatic rings. The minimum absolute atomic E-state index is 0.976. The Bertz CT molecular complexity index is 29.3. The minimum atomic E-state index is 0.976. The van der Waals surface area contributed by atoms with Crippen LogP contribution in [0.5, 0.6) is 0 Å². The molecular weight excluding hydrogens is 222 g/mol. The van der Waals surface area contributed by atoms with Crippen molar-refractivity contribution in [3.05, 3.63) is 0 Å². The standard InChI is InChI=1S/C4H8OSe2/c1-3-6-7-4-2-5-1/h1-4H2. The van der Waals surface area contributed by atoms with E-state index in [0.717, 1.165) is 39.5 Å². The molecule has 0 aromatic carbocycles. The third-order valence-electron chi connectivity index (χ3n) is 0.705. The van der Waals surface area contributed by atoms with E-state index in [2.05, 4.69) is 0 Å². The van der Waals surface area contributed by atoms with Crippen molar-refractivity contribution in [1.82, 2.24) is 0 Å². The number of hydrogen-bond acceptors (Lipinski definition) is 1. The van der Waals surface area contributed by atoms with Crippen LogP contribution in [-0.4, -0.2) is 39.5 Å². The number of rotatable bonds is 0. The molecule has 1 fully saturated rings. The zero-order valence-electron chi connectivity index (χ0n) is 4.05. The van der Waals surface area contributed by atoms with Crippen LogP contribution in [-0.2, 0) is 4.74 Å². The van der Waals surface area contributed by atoms with Gasteiger partial charge in [0.2, 0.25) is 0 Å². The fraction of sp³-hybridized carbons (Fsp3) is 1.00. The molecule has 1 heterocycles. The topological polar surface area (TPSA) is 9.23 Å². The Morgan fingerprint density at radius 3 is 2.14 bits per heavy atom. The van der Waals surface area contributed by atoms with Gasteiger partial charge in [-0.1, -0.05) is 0 Å². The molecule has 0 bridgehead atoms. The van der Waals surface area contributed by atoms with E-state index in [0.29, 0.717) is 0 Å². The first-order chi connectivity index (χ1) is 3.50. The predicted molar refractivity (Wildman–Crippen MR) is 31.9 cm³/mol. The summed E-state index contributed by atoms with van der Waals surface area (Å²) in [5.74, 6) is 0. The summed E-state index contributed by atoms with van der Waals surface area (Å²) in [4.78, 5) is 0. The maximum atomic E-state index is 5.23. The molecule has 0 aliphatic carbocycles. The fourth-order valence-electron chi connectivity index (χ4n) is 0.406. The zero-order valence-corrected chi connectivity index (χ0v) is 7.48. The molecule has 1 nitrogen and oxygen atoms in total. The molecule has 3 heteroatoms. The van der Waals surface area contributed by atoms with E-state index in [9.17, 15) is 0 Å². The van der Waals surface area contributed by atoms with Gasteiger partial charge in [0.15, 0.2) is 0 Å². The molecule has 7 heavy (non-hydrogen) atoms. The molecule has 1 aliphatic heterocycles. The van der Waals surface area contributed by atoms with Gasteiger partial charge in [0.1, 0.15) is 0 Å². The van der Waals surface area contributed by atoms with Crippen LogP contribution >= 0.6 is 0 Å². The van der Waals surface area contributed by atoms with E-state index in [1.807, 2.05) is 0 Å². The fourth-order valence-corrected chi connectivity index (χ4v) is 5.73. The second-order valence-corrected chi connectivity index (χ2v) is 9.10. The SMILES string of the molecule is C1C[Se][Se]CCO1. The van der Waals surface area contributed by atoms with Gasteiger partial charge in [0.25, 0.3) is 0 Å². The van der Waals surface area contributed by atoms with Crippen molar-refractivity contribution in [3.8, 4) is 0 Å². The van der Waals surface area contributed by atoms with Crippen LogP contribution in [0.4, 0.5) is 0 Å². The summed E-state index contributed by atoms with van der Waals surface area (Å²) in [6.45, 7) is 2.09. The molecule has 0 atom stereocenters. The van der Waals surface area contributed by atoms with Gasteiger partial charge >= 0.3 is 54.9 Å². The van der Waals surface area contributed by atoms with Crippen LogP contribution in [0.3, 0.4) is 0 Å². The first kappa shape index (κ1) is 6.12. The molecule has 1 saturated heterocycles. The van der Waals surface area contributed by atoms with Crippen molar-refractivity contribution in [2.45, 2.75) is 10.6 Å². The van der Waals surface area contributed by atoms with Gasteiger partial charge in [-0.25, -0.2) is 0 Å². The van der Waals surface area contributed by atoms with E-state index in [-0.39, 0.29) is 0 Å². The quantitative estimate of drug-likeness (QED) is 0.539. The number of hydrogen-bond donors (Lipinski definition) is 0. The molecule has 42 valence electrons. The number of ether oxygens (including phenoxy) is 1. The zero-order chi connectivity index (χ0) is 4.95. The van der Waals surface area contributed by atoms with Crippen molar-refractivity contribution in [2.24, 2.45) is 0 Å². The Balaban J connectivity index is 2.04. The maximum absolute atomic E-state index is 5.23. The van der Waals surface area contributed by atoms with E-state index in [1.165, 1.54) is 10.6 Å². The van der Waals surface area contributed by atoms with Gasteiger partial charge in [0, 0.05) is 0 Å². The molecule has 1 rings (SSSR count). The van der Waals surface area contributed by atoms with Crippen LogP contribution in [0.2, 0.25) is 10.6 Å². The van der Waals surface area contributed by atoms with Crippen molar-refractivity contribution < 1.29 is 4.74 Å². The second kappa shape index (κ2) is 3.94. The first-order valence-electron chi connectivity index (χ1n) is 2.32. The summed E-state index contributed by atoms with van der Waals surface area (Å²) in [5.41, 5.74) is 0. The van der Waals surface area contributed by atoms with Crippen LogP contribution in [0.1, 0.15) is 0 Å². The Morgan fingerprint density at radius 2 is 1.57 bits per heavy atom. The van der Waals surface area contributed by atoms with Gasteiger partial charge in [-0.3, -0.25) is 0 Å². The molecule has 0 radical (unpaired) electrons. The monoisotopic (exact) mass is 232 g/mol. The van der Waals surface area contributed by atoms with E-state index < -0.39 is 0 Å². The Kier molecular flexibility index (Phi) is 3.44. The van der Waals surface area contributed by atoms with Crippen molar-refractivity contribution in [1.29, 1.82) is 0 Å². The third-order valence-corrected chi connectivity index (χ3v) is 7.90. The molecule has 0 unspecified atom stereocenters. The molecule has 0 saturated carbocycles. The van der Waals surface area contributed by atoms with Gasteiger partial charge in [-0.2, -0.15) is 0 Å². The Hall–Kier alpha value is 0.999. The van der Waals surface area contributed by atoms with E-state index in [4.69, 9.17) is 4.74 Å². The molecular formula is C4H8OSe2. The van der Waals surface area contributed by atoms with Crippen molar-refractivity contribution >= 4 is 26.3 Å². The van der Waals surface area contributed by atoms with Crippen LogP contribution in [0.25, 0.3) is 0 Å². The van der Waals surface area contributed by atoms with E-state index in [1.54, 1.807) is 0 Å². The molecule has 0 N–H and O–H groups in total. The van der Waals surface area contributed by atoms with Crippen LogP contribution in [0.15, 0.2) is 0 Å². The second-order valence-electron chi connectivity index (χ2n) is 1.26. The van der Waals surface area contributed by atoms with Gasteiger partial charge in [0.05, 0.1) is 0 Å². The average Bonchev–Trinajstić information content (AvgIpc) is 1.90. The summed E-state index contributed by atoms with van der Waals surface area (Å²) in [6, 6.07) is 0. The summed E-state index contributed by atoms with van der Waals surface area (Å²) in [6.07, 6.45) is 0. The molecule has 0 spiro atoms. The van der Waals surface area contributed by atoms with Gasteiger partial charge in [-0.15, -0.1) is 0 Å². The van der Waals surface area contributed by atoms with Crippen molar-refractivity contribution in [2.75, 3.05) is 13.2 Å². The summed E-state index contributed by atoms with van der Waals surface area (Å²) in [7, 11) is 0. The molecule has 0 amide bonds. The normalized spacial score (nSPS) is 24.0. The Morgan fingerprint density at radius 1 is 1.00 bits per heavy atom. The predicted octanol–water partition coefficient (Wildman–Crippen LogP) is 0.177. The van der Waals surface area contributed by atoms with Gasteiger partial charge in [-0.05, 0) is 0 Å². The first-order valence-corrected chi connectivity index (χ1v) is 9.08. The summed E-state index contributed by atoms with van der Waals surface area (Å²) < 4.78 is 5.23. The summed E-state index contributed by atoms with van der Waals surface area (Å²) >= 11 is 1.95. The summed E-state index contributed by atoms with van der Waals surface area (Å²) in [5, 5.41) is 2.74. The van der Waals surface area contributed by atoms with Crippen molar-refractivity contribution in [3.63, 3.8) is 0 Å². The van der Waals surface area contributed by atoms with Gasteiger partial charge < -0.3 is 0 Å². The molecule has 0 aromatic rings. The van der Waals surface area contributed by atoms with Crippen LogP contribution in [0, 0.1) is 0 Å².